The van der Waals surface area contributed by atoms with Gasteiger partial charge in [-0.05, 0) is 36.2 Å². The molecule has 1 aliphatic heterocycles. The van der Waals surface area contributed by atoms with Crippen molar-refractivity contribution in [2.75, 3.05) is 26.4 Å². The van der Waals surface area contributed by atoms with Gasteiger partial charge in [0.05, 0.1) is 28.3 Å². The van der Waals surface area contributed by atoms with Crippen LogP contribution in [0.3, 0.4) is 0 Å². The average molecular weight is 398 g/mol. The lowest BCUT2D eigenvalue weighted by Gasteiger charge is -2.32. The number of rotatable bonds is 5. The summed E-state index contributed by atoms with van der Waals surface area (Å²) in [7, 11) is 0. The molecule has 3 rings (SSSR count). The largest absolute Gasteiger partial charge is 0.446 e. The van der Waals surface area contributed by atoms with Crippen molar-refractivity contribution in [2.45, 2.75) is 12.5 Å². The van der Waals surface area contributed by atoms with Crippen LogP contribution in [0.5, 0.6) is 0 Å². The van der Waals surface area contributed by atoms with Gasteiger partial charge in [-0.15, -0.1) is 0 Å². The van der Waals surface area contributed by atoms with Crippen LogP contribution in [-0.4, -0.2) is 43.4 Å². The second-order valence-electron chi connectivity index (χ2n) is 6.06. The fraction of sp³-hybridized carbons (Fsp3) is 0.316. The van der Waals surface area contributed by atoms with Gasteiger partial charge in [0, 0.05) is 13.1 Å². The monoisotopic (exact) mass is 397 g/mol. The maximum absolute atomic E-state index is 13.6. The molecule has 0 bridgehead atoms. The number of ether oxygens (including phenoxy) is 2. The number of hydrogen-bond donors (Lipinski definition) is 0. The summed E-state index contributed by atoms with van der Waals surface area (Å²) in [6.45, 7) is 1.87. The molecule has 2 aromatic carbocycles. The summed E-state index contributed by atoms with van der Waals surface area (Å²) in [5.74, 6) is -1.26. The van der Waals surface area contributed by atoms with Crippen LogP contribution in [0.1, 0.15) is 15.9 Å². The standard InChI is InChI=1S/C19H18Cl2FNO3/c20-16-6-5-13(10-17(16)21)9-14-11-23(7-8-25-14)12-26-19(24)15-3-1-2-4-18(15)22/h1-6,10,14H,7-9,11-12H2. The van der Waals surface area contributed by atoms with Crippen molar-refractivity contribution in [3.63, 3.8) is 0 Å². The summed E-state index contributed by atoms with van der Waals surface area (Å²) >= 11 is 12.0. The van der Waals surface area contributed by atoms with Gasteiger partial charge in [0.1, 0.15) is 12.5 Å². The lowest BCUT2D eigenvalue weighted by Crippen LogP contribution is -2.44. The Hall–Kier alpha value is -1.66. The van der Waals surface area contributed by atoms with E-state index in [0.29, 0.717) is 36.2 Å². The molecule has 1 aliphatic rings. The number of benzene rings is 2. The molecule has 4 nitrogen and oxygen atoms in total. The summed E-state index contributed by atoms with van der Waals surface area (Å²) < 4.78 is 24.6. The van der Waals surface area contributed by atoms with Gasteiger partial charge in [-0.3, -0.25) is 4.90 Å². The smallest absolute Gasteiger partial charge is 0.342 e. The molecular weight excluding hydrogens is 380 g/mol. The van der Waals surface area contributed by atoms with Crippen LogP contribution >= 0.6 is 23.2 Å². The summed E-state index contributed by atoms with van der Waals surface area (Å²) in [5, 5.41) is 1.03. The fourth-order valence-corrected chi connectivity index (χ4v) is 3.13. The number of morpholine rings is 1. The summed E-state index contributed by atoms with van der Waals surface area (Å²) in [6, 6.07) is 11.3. The van der Waals surface area contributed by atoms with E-state index < -0.39 is 11.8 Å². The highest BCUT2D eigenvalue weighted by Crippen LogP contribution is 2.24. The molecule has 0 N–H and O–H groups in total. The zero-order valence-electron chi connectivity index (χ0n) is 14.0. The SMILES string of the molecule is O=C(OCN1CCOC(Cc2ccc(Cl)c(Cl)c2)C1)c1ccccc1F. The van der Waals surface area contributed by atoms with Gasteiger partial charge in [0.15, 0.2) is 0 Å². The minimum absolute atomic E-state index is 0.0480. The zero-order valence-corrected chi connectivity index (χ0v) is 15.5. The molecule has 0 spiro atoms. The summed E-state index contributed by atoms with van der Waals surface area (Å²) in [5.41, 5.74) is 0.961. The number of hydrogen-bond acceptors (Lipinski definition) is 4. The predicted octanol–water partition coefficient (Wildman–Crippen LogP) is 4.19. The molecule has 0 aliphatic carbocycles. The van der Waals surface area contributed by atoms with Crippen molar-refractivity contribution in [1.82, 2.24) is 4.90 Å². The molecule has 138 valence electrons. The van der Waals surface area contributed by atoms with E-state index in [1.165, 1.54) is 18.2 Å². The Morgan fingerprint density at radius 3 is 2.81 bits per heavy atom. The van der Waals surface area contributed by atoms with Crippen molar-refractivity contribution in [1.29, 1.82) is 0 Å². The number of halogens is 3. The first kappa shape index (κ1) is 19.1. The average Bonchev–Trinajstić information content (AvgIpc) is 2.63. The summed E-state index contributed by atoms with van der Waals surface area (Å²) in [4.78, 5) is 14.0. The highest BCUT2D eigenvalue weighted by molar-refractivity contribution is 6.42. The van der Waals surface area contributed by atoms with E-state index in [9.17, 15) is 9.18 Å². The van der Waals surface area contributed by atoms with Crippen LogP contribution in [0.4, 0.5) is 4.39 Å². The quantitative estimate of drug-likeness (QED) is 0.709. The van der Waals surface area contributed by atoms with Gasteiger partial charge in [-0.25, -0.2) is 9.18 Å². The van der Waals surface area contributed by atoms with E-state index in [1.807, 2.05) is 17.0 Å². The maximum Gasteiger partial charge on any atom is 0.342 e. The third-order valence-electron chi connectivity index (χ3n) is 4.14. The summed E-state index contributed by atoms with van der Waals surface area (Å²) in [6.07, 6.45) is 0.627. The van der Waals surface area contributed by atoms with Crippen molar-refractivity contribution in [3.05, 3.63) is 69.5 Å². The fourth-order valence-electron chi connectivity index (χ4n) is 2.81. The number of nitrogens with zero attached hydrogens (tertiary/aromatic N) is 1. The zero-order chi connectivity index (χ0) is 18.5. The Kier molecular flexibility index (Phi) is 6.48. The van der Waals surface area contributed by atoms with E-state index in [2.05, 4.69) is 0 Å². The Labute approximate surface area is 161 Å². The van der Waals surface area contributed by atoms with Crippen LogP contribution in [0.2, 0.25) is 10.0 Å². The van der Waals surface area contributed by atoms with Crippen molar-refractivity contribution in [2.24, 2.45) is 0 Å². The van der Waals surface area contributed by atoms with Gasteiger partial charge >= 0.3 is 5.97 Å². The molecule has 7 heteroatoms. The van der Waals surface area contributed by atoms with E-state index in [-0.39, 0.29) is 18.4 Å². The molecule has 1 atom stereocenters. The number of carbonyl (C=O) groups excluding carboxylic acids is 1. The maximum atomic E-state index is 13.6. The minimum Gasteiger partial charge on any atom is -0.446 e. The number of carbonyl (C=O) groups is 1. The second-order valence-corrected chi connectivity index (χ2v) is 6.88. The first-order valence-corrected chi connectivity index (χ1v) is 8.98. The Balaban J connectivity index is 1.52. The van der Waals surface area contributed by atoms with Gasteiger partial charge < -0.3 is 9.47 Å². The van der Waals surface area contributed by atoms with Crippen LogP contribution in [0.15, 0.2) is 42.5 Å². The number of esters is 1. The highest BCUT2D eigenvalue weighted by atomic mass is 35.5. The molecule has 1 saturated heterocycles. The van der Waals surface area contributed by atoms with E-state index in [4.69, 9.17) is 32.7 Å². The van der Waals surface area contributed by atoms with Crippen LogP contribution in [-0.2, 0) is 15.9 Å². The molecule has 0 radical (unpaired) electrons. The Morgan fingerprint density at radius 2 is 2.04 bits per heavy atom. The van der Waals surface area contributed by atoms with E-state index in [1.54, 1.807) is 12.1 Å². The molecule has 26 heavy (non-hydrogen) atoms. The molecule has 2 aromatic rings. The first-order chi connectivity index (χ1) is 12.5. The molecular formula is C19H18Cl2FNO3. The molecule has 0 amide bonds. The normalized spacial score (nSPS) is 17.9. The lowest BCUT2D eigenvalue weighted by atomic mass is 10.1. The first-order valence-electron chi connectivity index (χ1n) is 8.22. The molecule has 1 heterocycles. The van der Waals surface area contributed by atoms with Gasteiger partial charge in [-0.2, -0.15) is 0 Å². The van der Waals surface area contributed by atoms with E-state index >= 15 is 0 Å². The van der Waals surface area contributed by atoms with Crippen LogP contribution < -0.4 is 0 Å². The van der Waals surface area contributed by atoms with Gasteiger partial charge in [-0.1, -0.05) is 41.4 Å². The van der Waals surface area contributed by atoms with Crippen LogP contribution in [0.25, 0.3) is 0 Å². The van der Waals surface area contributed by atoms with Gasteiger partial charge in [0.25, 0.3) is 0 Å². The Morgan fingerprint density at radius 1 is 1.23 bits per heavy atom. The predicted molar refractivity (Wildman–Crippen MR) is 98.2 cm³/mol. The molecule has 1 unspecified atom stereocenters. The van der Waals surface area contributed by atoms with Crippen molar-refractivity contribution in [3.8, 4) is 0 Å². The van der Waals surface area contributed by atoms with E-state index in [0.717, 1.165) is 5.56 Å². The molecule has 0 saturated carbocycles. The Bertz CT molecular complexity index is 787. The van der Waals surface area contributed by atoms with Crippen molar-refractivity contribution >= 4 is 29.2 Å². The third-order valence-corrected chi connectivity index (χ3v) is 4.88. The third kappa shape index (κ3) is 4.95. The topological polar surface area (TPSA) is 38.8 Å². The second kappa shape index (κ2) is 8.82. The van der Waals surface area contributed by atoms with Gasteiger partial charge in [0.2, 0.25) is 0 Å². The van der Waals surface area contributed by atoms with Crippen molar-refractivity contribution < 1.29 is 18.7 Å². The lowest BCUT2D eigenvalue weighted by molar-refractivity contribution is -0.0602. The molecule has 0 aromatic heterocycles. The van der Waals surface area contributed by atoms with Crippen LogP contribution in [0, 0.1) is 5.82 Å². The molecule has 1 fully saturated rings. The minimum atomic E-state index is -0.671. The highest BCUT2D eigenvalue weighted by Gasteiger charge is 2.22.